The number of Topliss-reactive ketones (excluding diaryl/α,β-unsaturated/α-hetero) is 1. The number of likely N-dealkylation sites (N-methyl/N-ethyl adjacent to an activating group) is 1. The zero-order valence-corrected chi connectivity index (χ0v) is 26.6. The minimum Gasteiger partial charge on any atom is -1.00 e. The van der Waals surface area contributed by atoms with Crippen LogP contribution in [0.1, 0.15) is 89.7 Å². The number of ether oxygens (including phenoxy) is 1. The summed E-state index contributed by atoms with van der Waals surface area (Å²) in [5.74, 6) is 0.413. The summed E-state index contributed by atoms with van der Waals surface area (Å²) < 4.78 is 6.37. The van der Waals surface area contributed by atoms with Crippen LogP contribution in [0.5, 0.6) is 11.5 Å². The van der Waals surface area contributed by atoms with Gasteiger partial charge in [-0.3, -0.25) is 4.79 Å². The van der Waals surface area contributed by atoms with Gasteiger partial charge in [0.2, 0.25) is 0 Å². The quantitative estimate of drug-likeness (QED) is 0.0656. The molecule has 1 aromatic carbocycles. The van der Waals surface area contributed by atoms with Crippen molar-refractivity contribution >= 4 is 11.8 Å². The molecule has 3 fully saturated rings. The third-order valence-corrected chi connectivity index (χ3v) is 8.63. The van der Waals surface area contributed by atoms with Gasteiger partial charge in [-0.05, 0) is 53.7 Å². The number of esters is 1. The highest BCUT2D eigenvalue weighted by atomic mass is 127. The Hall–Kier alpha value is -1.95. The molecule has 10 heteroatoms. The highest BCUT2D eigenvalue weighted by Crippen LogP contribution is 2.64. The summed E-state index contributed by atoms with van der Waals surface area (Å²) in [4.78, 5) is 40.5. The van der Waals surface area contributed by atoms with E-state index >= 15 is 0 Å². The van der Waals surface area contributed by atoms with Crippen LogP contribution in [0, 0.1) is 27.4 Å². The molecule has 2 bridgehead atoms. The second-order valence-electron chi connectivity index (χ2n) is 13.4. The summed E-state index contributed by atoms with van der Waals surface area (Å²) in [7, 11) is 5.75. The summed E-state index contributed by atoms with van der Waals surface area (Å²) in [6.07, 6.45) is 5.25. The Kier molecular flexibility index (Phi) is 10.8. The zero-order chi connectivity index (χ0) is 28.5. The Morgan fingerprint density at radius 3 is 2.38 bits per heavy atom. The Morgan fingerprint density at radius 1 is 1.18 bits per heavy atom. The molecule has 0 saturated heterocycles. The number of hydrogen-bond acceptors (Lipinski definition) is 7. The number of ketones is 1. The molecule has 3 aliphatic carbocycles. The van der Waals surface area contributed by atoms with Crippen molar-refractivity contribution in [1.29, 1.82) is 0 Å². The maximum atomic E-state index is 12.9. The lowest BCUT2D eigenvalue weighted by molar-refractivity contribution is -0.862. The SMILES string of the molecule is CC(C)(CCCCCCO[N+](=O)[O-])c1cc(O)c([C@H]2CC(=O)[C@H]3C[C@@H]2C3(C)C)c(OC(=O)C[N+](C)(C)C)c1.[I-]. The van der Waals surface area contributed by atoms with Crippen molar-refractivity contribution in [2.24, 2.45) is 17.3 Å². The number of fused-ring (bicyclic) bond motifs is 2. The predicted octanol–water partition coefficient (Wildman–Crippen LogP) is 2.16. The van der Waals surface area contributed by atoms with Crippen molar-refractivity contribution in [3.63, 3.8) is 0 Å². The second kappa shape index (κ2) is 12.7. The number of carbonyl (C=O) groups excluding carboxylic acids is 2. The molecule has 1 N–H and O–H groups in total. The number of carbonyl (C=O) groups is 2. The first-order chi connectivity index (χ1) is 17.5. The predicted molar refractivity (Wildman–Crippen MR) is 143 cm³/mol. The Labute approximate surface area is 249 Å². The number of benzene rings is 1. The van der Waals surface area contributed by atoms with E-state index in [-0.39, 0.29) is 83.2 Å². The fourth-order valence-electron chi connectivity index (χ4n) is 6.30. The summed E-state index contributed by atoms with van der Waals surface area (Å²) >= 11 is 0. The monoisotopic (exact) mass is 660 g/mol. The molecule has 3 atom stereocenters. The molecule has 0 aromatic heterocycles. The number of quaternary nitrogens is 1. The molecule has 0 aliphatic heterocycles. The van der Waals surface area contributed by atoms with E-state index in [2.05, 4.69) is 32.5 Å². The van der Waals surface area contributed by atoms with Crippen LogP contribution in [0.15, 0.2) is 12.1 Å². The number of halogens is 1. The highest BCUT2D eigenvalue weighted by Gasteiger charge is 2.59. The van der Waals surface area contributed by atoms with E-state index in [9.17, 15) is 24.8 Å². The maximum Gasteiger partial charge on any atom is 0.367 e. The molecule has 9 nitrogen and oxygen atoms in total. The summed E-state index contributed by atoms with van der Waals surface area (Å²) in [6.45, 7) is 8.72. The average Bonchev–Trinajstić information content (AvgIpc) is 2.75. The number of nitrogens with zero attached hydrogens (tertiary/aromatic N) is 2. The summed E-state index contributed by atoms with van der Waals surface area (Å²) in [5, 5.41) is 20.9. The molecule has 220 valence electrons. The Morgan fingerprint density at radius 2 is 1.82 bits per heavy atom. The maximum absolute atomic E-state index is 12.9. The molecular formula is C29H45IN2O7. The number of rotatable bonds is 13. The summed E-state index contributed by atoms with van der Waals surface area (Å²) in [6, 6.07) is 3.66. The standard InChI is InChI=1S/C29H44N2O7.HI/c1-28(2,12-10-8-9-11-13-37-30(35)36)19-14-24(33)27(25(15-19)38-26(34)18-31(5,6)7)20-16-23(32)22-17-21(20)29(22,3)4;/h14-15,20-22H,8-13,16-18H2,1-7H3;1H/t20-,21-,22+;/m0./s1. The molecule has 0 amide bonds. The van der Waals surface area contributed by atoms with E-state index in [4.69, 9.17) is 4.74 Å². The minimum atomic E-state index is -0.766. The first-order valence-electron chi connectivity index (χ1n) is 13.7. The number of phenolic OH excluding ortho intramolecular Hbond substituents is 1. The smallest absolute Gasteiger partial charge is 0.367 e. The molecule has 3 saturated carbocycles. The molecule has 1 aromatic rings. The van der Waals surface area contributed by atoms with Gasteiger partial charge in [0, 0.05) is 23.8 Å². The van der Waals surface area contributed by atoms with Crippen molar-refractivity contribution < 1.29 is 57.8 Å². The van der Waals surface area contributed by atoms with E-state index in [1.165, 1.54) is 0 Å². The van der Waals surface area contributed by atoms with Gasteiger partial charge >= 0.3 is 5.97 Å². The van der Waals surface area contributed by atoms with Crippen LogP contribution >= 0.6 is 0 Å². The molecule has 0 unspecified atom stereocenters. The van der Waals surface area contributed by atoms with Gasteiger partial charge in [0.15, 0.2) is 6.54 Å². The van der Waals surface area contributed by atoms with E-state index in [0.717, 1.165) is 37.7 Å². The van der Waals surface area contributed by atoms with Crippen LogP contribution < -0.4 is 28.7 Å². The van der Waals surface area contributed by atoms with E-state index in [1.807, 2.05) is 27.2 Å². The fraction of sp³-hybridized carbons (Fsp3) is 0.724. The first kappa shape index (κ1) is 33.3. The first-order valence-corrected chi connectivity index (χ1v) is 13.7. The lowest BCUT2D eigenvalue weighted by atomic mass is 9.44. The van der Waals surface area contributed by atoms with Gasteiger partial charge in [-0.1, -0.05) is 47.0 Å². The lowest BCUT2D eigenvalue weighted by Crippen LogP contribution is -3.00. The van der Waals surface area contributed by atoms with Gasteiger partial charge in [0.25, 0.3) is 5.09 Å². The van der Waals surface area contributed by atoms with E-state index in [0.29, 0.717) is 28.6 Å². The van der Waals surface area contributed by atoms with Crippen LogP contribution in [-0.4, -0.2) is 60.7 Å². The molecule has 39 heavy (non-hydrogen) atoms. The number of phenols is 1. The molecule has 0 radical (unpaired) electrons. The normalized spacial score (nSPS) is 21.9. The summed E-state index contributed by atoms with van der Waals surface area (Å²) in [5.41, 5.74) is 1.00. The molecule has 0 spiro atoms. The fourth-order valence-corrected chi connectivity index (χ4v) is 6.30. The molecule has 3 aliphatic rings. The van der Waals surface area contributed by atoms with Crippen LogP contribution in [0.2, 0.25) is 0 Å². The molecular weight excluding hydrogens is 615 g/mol. The van der Waals surface area contributed by atoms with Crippen molar-refractivity contribution in [2.75, 3.05) is 34.3 Å². The Balaban J connectivity index is 0.00000533. The van der Waals surface area contributed by atoms with Gasteiger partial charge in [-0.2, -0.15) is 0 Å². The number of unbranched alkanes of at least 4 members (excludes halogenated alkanes) is 3. The number of hydrogen-bond donors (Lipinski definition) is 1. The second-order valence-corrected chi connectivity index (χ2v) is 13.4. The zero-order valence-electron chi connectivity index (χ0n) is 24.4. The van der Waals surface area contributed by atoms with Crippen LogP contribution in [-0.2, 0) is 19.8 Å². The van der Waals surface area contributed by atoms with Gasteiger partial charge in [-0.25, -0.2) is 4.79 Å². The van der Waals surface area contributed by atoms with Crippen LogP contribution in [0.4, 0.5) is 0 Å². The van der Waals surface area contributed by atoms with Crippen molar-refractivity contribution in [2.45, 2.75) is 84.0 Å². The topological polar surface area (TPSA) is 116 Å². The molecule has 0 heterocycles. The van der Waals surface area contributed by atoms with E-state index in [1.54, 1.807) is 6.07 Å². The van der Waals surface area contributed by atoms with Crippen LogP contribution in [0.3, 0.4) is 0 Å². The van der Waals surface area contributed by atoms with Crippen molar-refractivity contribution in [3.05, 3.63) is 33.4 Å². The van der Waals surface area contributed by atoms with Gasteiger partial charge < -0.3 is 43.1 Å². The van der Waals surface area contributed by atoms with Gasteiger partial charge in [0.05, 0.1) is 27.7 Å². The minimum absolute atomic E-state index is 0. The van der Waals surface area contributed by atoms with Crippen LogP contribution in [0.25, 0.3) is 0 Å². The Bertz CT molecular complexity index is 1060. The molecule has 4 rings (SSSR count). The van der Waals surface area contributed by atoms with Gasteiger partial charge in [-0.15, -0.1) is 10.1 Å². The largest absolute Gasteiger partial charge is 1.00 e. The van der Waals surface area contributed by atoms with Crippen molar-refractivity contribution in [1.82, 2.24) is 0 Å². The van der Waals surface area contributed by atoms with Gasteiger partial charge in [0.1, 0.15) is 17.3 Å². The number of aromatic hydroxyl groups is 1. The third kappa shape index (κ3) is 8.05. The average molecular weight is 661 g/mol. The highest BCUT2D eigenvalue weighted by molar-refractivity contribution is 5.86. The van der Waals surface area contributed by atoms with E-state index < -0.39 is 5.09 Å². The third-order valence-electron chi connectivity index (χ3n) is 8.63. The van der Waals surface area contributed by atoms with Crippen molar-refractivity contribution in [3.8, 4) is 11.5 Å². The lowest BCUT2D eigenvalue weighted by Gasteiger charge is -2.59.